The Kier molecular flexibility index (Phi) is 3.07. The molecule has 2 atom stereocenters. The van der Waals surface area contributed by atoms with Crippen molar-refractivity contribution in [2.24, 2.45) is 0 Å². The molecule has 16 heavy (non-hydrogen) atoms. The van der Waals surface area contributed by atoms with Gasteiger partial charge in [-0.1, -0.05) is 18.2 Å². The third-order valence-electron chi connectivity index (χ3n) is 2.34. The number of hydrogen-bond acceptors (Lipinski definition) is 4. The lowest BCUT2D eigenvalue weighted by Gasteiger charge is -2.11. The maximum absolute atomic E-state index is 10.5. The highest BCUT2D eigenvalue weighted by Gasteiger charge is 2.30. The molecule has 0 amide bonds. The molecule has 1 heterocycles. The first-order chi connectivity index (χ1) is 7.66. The number of ether oxygens (including phenoxy) is 2. The van der Waals surface area contributed by atoms with Crippen LogP contribution >= 0.6 is 0 Å². The van der Waals surface area contributed by atoms with E-state index in [2.05, 4.69) is 0 Å². The van der Waals surface area contributed by atoms with Gasteiger partial charge >= 0.3 is 5.97 Å². The number of phenols is 1. The molecule has 0 spiro atoms. The number of rotatable bonds is 3. The fraction of sp³-hybridized carbons (Fsp3) is 0.364. The highest BCUT2D eigenvalue weighted by Crippen LogP contribution is 2.33. The second kappa shape index (κ2) is 4.51. The number of aromatic hydroxyl groups is 1. The van der Waals surface area contributed by atoms with E-state index in [0.717, 1.165) is 0 Å². The van der Waals surface area contributed by atoms with E-state index in [1.54, 1.807) is 18.2 Å². The zero-order valence-corrected chi connectivity index (χ0v) is 8.50. The third-order valence-corrected chi connectivity index (χ3v) is 2.34. The van der Waals surface area contributed by atoms with Gasteiger partial charge in [-0.05, 0) is 6.07 Å². The van der Waals surface area contributed by atoms with Gasteiger partial charge in [0.2, 0.25) is 0 Å². The van der Waals surface area contributed by atoms with Crippen molar-refractivity contribution in [1.82, 2.24) is 0 Å². The summed E-state index contributed by atoms with van der Waals surface area (Å²) in [6.45, 7) is 0.227. The maximum atomic E-state index is 10.5. The van der Waals surface area contributed by atoms with Gasteiger partial charge < -0.3 is 19.7 Å². The van der Waals surface area contributed by atoms with Crippen LogP contribution in [-0.2, 0) is 14.3 Å². The van der Waals surface area contributed by atoms with Crippen LogP contribution in [0.2, 0.25) is 0 Å². The number of carbonyl (C=O) groups is 1. The zero-order chi connectivity index (χ0) is 11.5. The SMILES string of the molecule is O=C(O)CC1COC(c2ccccc2O)O1. The molecule has 0 saturated carbocycles. The Morgan fingerprint density at radius 3 is 2.88 bits per heavy atom. The Bertz CT molecular complexity index is 390. The van der Waals surface area contributed by atoms with Gasteiger partial charge in [-0.25, -0.2) is 0 Å². The first-order valence-corrected chi connectivity index (χ1v) is 4.93. The number of hydrogen-bond donors (Lipinski definition) is 2. The Morgan fingerprint density at radius 2 is 2.19 bits per heavy atom. The Hall–Kier alpha value is -1.59. The molecule has 0 radical (unpaired) electrons. The van der Waals surface area contributed by atoms with Gasteiger partial charge in [-0.15, -0.1) is 0 Å². The first kappa shape index (κ1) is 10.9. The predicted molar refractivity (Wildman–Crippen MR) is 53.9 cm³/mol. The number of carboxylic acid groups (broad SMARTS) is 1. The molecule has 2 N–H and O–H groups in total. The van der Waals surface area contributed by atoms with Crippen molar-refractivity contribution in [3.8, 4) is 5.75 Å². The summed E-state index contributed by atoms with van der Waals surface area (Å²) in [5, 5.41) is 18.2. The lowest BCUT2D eigenvalue weighted by Crippen LogP contribution is -2.15. The van der Waals surface area contributed by atoms with Crippen LogP contribution in [0.25, 0.3) is 0 Å². The molecule has 1 aliphatic heterocycles. The highest BCUT2D eigenvalue weighted by molar-refractivity contribution is 5.67. The van der Waals surface area contributed by atoms with Crippen molar-refractivity contribution in [1.29, 1.82) is 0 Å². The first-order valence-electron chi connectivity index (χ1n) is 4.93. The van der Waals surface area contributed by atoms with Crippen LogP contribution in [0.1, 0.15) is 18.3 Å². The maximum Gasteiger partial charge on any atom is 0.306 e. The average Bonchev–Trinajstić information content (AvgIpc) is 2.66. The van der Waals surface area contributed by atoms with E-state index in [1.165, 1.54) is 6.07 Å². The second-order valence-corrected chi connectivity index (χ2v) is 3.58. The largest absolute Gasteiger partial charge is 0.507 e. The summed E-state index contributed by atoms with van der Waals surface area (Å²) in [6, 6.07) is 6.67. The smallest absolute Gasteiger partial charge is 0.306 e. The summed E-state index contributed by atoms with van der Waals surface area (Å²) < 4.78 is 10.7. The minimum atomic E-state index is -0.925. The molecule has 86 valence electrons. The normalized spacial score (nSPS) is 24.5. The number of phenolic OH excluding ortho intramolecular Hbond substituents is 1. The van der Waals surface area contributed by atoms with Crippen molar-refractivity contribution in [2.45, 2.75) is 18.8 Å². The van der Waals surface area contributed by atoms with Crippen LogP contribution < -0.4 is 0 Å². The van der Waals surface area contributed by atoms with E-state index in [0.29, 0.717) is 5.56 Å². The van der Waals surface area contributed by atoms with E-state index in [4.69, 9.17) is 14.6 Å². The molecule has 0 aliphatic carbocycles. The topological polar surface area (TPSA) is 76.0 Å². The van der Waals surface area contributed by atoms with Gasteiger partial charge in [-0.3, -0.25) is 4.79 Å². The van der Waals surface area contributed by atoms with Crippen molar-refractivity contribution in [3.05, 3.63) is 29.8 Å². The number of carboxylic acids is 1. The summed E-state index contributed by atoms with van der Waals surface area (Å²) in [4.78, 5) is 10.5. The molecule has 0 bridgehead atoms. The molecule has 5 heteroatoms. The summed E-state index contributed by atoms with van der Waals surface area (Å²) in [5.74, 6) is -0.838. The lowest BCUT2D eigenvalue weighted by atomic mass is 10.2. The molecule has 1 aromatic rings. The van der Waals surface area contributed by atoms with E-state index >= 15 is 0 Å². The molecule has 1 saturated heterocycles. The van der Waals surface area contributed by atoms with Crippen molar-refractivity contribution < 1.29 is 24.5 Å². The van der Waals surface area contributed by atoms with Crippen LogP contribution in [0, 0.1) is 0 Å². The molecule has 1 aromatic carbocycles. The van der Waals surface area contributed by atoms with E-state index in [9.17, 15) is 9.90 Å². The molecule has 5 nitrogen and oxygen atoms in total. The van der Waals surface area contributed by atoms with Crippen molar-refractivity contribution in [2.75, 3.05) is 6.61 Å². The van der Waals surface area contributed by atoms with Crippen molar-refractivity contribution >= 4 is 5.97 Å². The Labute approximate surface area is 92.2 Å². The van der Waals surface area contributed by atoms with Crippen molar-refractivity contribution in [3.63, 3.8) is 0 Å². The van der Waals surface area contributed by atoms with Gasteiger partial charge in [0, 0.05) is 5.56 Å². The molecule has 1 aliphatic rings. The summed E-state index contributed by atoms with van der Waals surface area (Å²) in [6.07, 6.45) is -1.22. The summed E-state index contributed by atoms with van der Waals surface area (Å²) >= 11 is 0. The van der Waals surface area contributed by atoms with Crippen LogP contribution in [-0.4, -0.2) is 28.9 Å². The fourth-order valence-electron chi connectivity index (χ4n) is 1.60. The van der Waals surface area contributed by atoms with Crippen LogP contribution in [0.15, 0.2) is 24.3 Å². The van der Waals surface area contributed by atoms with E-state index in [-0.39, 0.29) is 18.8 Å². The number of benzene rings is 1. The van der Waals surface area contributed by atoms with E-state index < -0.39 is 18.4 Å². The third kappa shape index (κ3) is 2.32. The second-order valence-electron chi connectivity index (χ2n) is 3.58. The zero-order valence-electron chi connectivity index (χ0n) is 8.50. The summed E-state index contributed by atoms with van der Waals surface area (Å²) in [7, 11) is 0. The Balaban J connectivity index is 2.04. The van der Waals surface area contributed by atoms with Crippen LogP contribution in [0.3, 0.4) is 0 Å². The van der Waals surface area contributed by atoms with Crippen LogP contribution in [0.4, 0.5) is 0 Å². The summed E-state index contributed by atoms with van der Waals surface area (Å²) in [5.41, 5.74) is 0.524. The highest BCUT2D eigenvalue weighted by atomic mass is 16.7. The predicted octanol–water partition coefficient (Wildman–Crippen LogP) is 1.28. The molecule has 2 unspecified atom stereocenters. The minimum absolute atomic E-state index is 0.0866. The van der Waals surface area contributed by atoms with Gasteiger partial charge in [0.1, 0.15) is 5.75 Å². The van der Waals surface area contributed by atoms with Gasteiger partial charge in [0.05, 0.1) is 19.1 Å². The van der Waals surface area contributed by atoms with Gasteiger partial charge in [0.15, 0.2) is 6.29 Å². The average molecular weight is 224 g/mol. The monoisotopic (exact) mass is 224 g/mol. The quantitative estimate of drug-likeness (QED) is 0.808. The molecular weight excluding hydrogens is 212 g/mol. The minimum Gasteiger partial charge on any atom is -0.507 e. The molecule has 0 aromatic heterocycles. The number of aliphatic carboxylic acids is 1. The van der Waals surface area contributed by atoms with Gasteiger partial charge in [0.25, 0.3) is 0 Å². The van der Waals surface area contributed by atoms with Crippen LogP contribution in [0.5, 0.6) is 5.75 Å². The Morgan fingerprint density at radius 1 is 1.44 bits per heavy atom. The standard InChI is InChI=1S/C11H12O5/c12-9-4-2-1-3-8(9)11-15-6-7(16-11)5-10(13)14/h1-4,7,11-12H,5-6H2,(H,13,14). The lowest BCUT2D eigenvalue weighted by molar-refractivity contribution is -0.140. The molecule has 1 fully saturated rings. The fourth-order valence-corrected chi connectivity index (χ4v) is 1.60. The molecular formula is C11H12O5. The molecule has 2 rings (SSSR count). The van der Waals surface area contributed by atoms with Gasteiger partial charge in [-0.2, -0.15) is 0 Å². The van der Waals surface area contributed by atoms with E-state index in [1.807, 2.05) is 0 Å². The number of para-hydroxylation sites is 1.